The molecule has 3 nitrogen and oxygen atoms in total. The van der Waals surface area contributed by atoms with E-state index in [2.05, 4.69) is 15.7 Å². The maximum absolute atomic E-state index is 12.7. The summed E-state index contributed by atoms with van der Waals surface area (Å²) in [5.74, 6) is 0.734. The van der Waals surface area contributed by atoms with Crippen LogP contribution in [0.25, 0.3) is 5.57 Å². The first kappa shape index (κ1) is 19.9. The van der Waals surface area contributed by atoms with Crippen LogP contribution in [0, 0.1) is 17.8 Å². The van der Waals surface area contributed by atoms with Gasteiger partial charge in [0, 0.05) is 12.1 Å². The van der Waals surface area contributed by atoms with Gasteiger partial charge < -0.3 is 14.7 Å². The first-order chi connectivity index (χ1) is 11.2. The Morgan fingerprint density at radius 1 is 1.24 bits per heavy atom. The van der Waals surface area contributed by atoms with Gasteiger partial charge in [-0.25, -0.2) is 0 Å². The Balaban J connectivity index is 0.00000225. The average molecular weight is 378 g/mol. The highest BCUT2D eigenvalue weighted by Crippen LogP contribution is 2.50. The second-order valence-corrected chi connectivity index (χ2v) is 7.05. The summed E-state index contributed by atoms with van der Waals surface area (Å²) in [6.07, 6.45) is 0.604. The molecule has 7 heteroatoms. The molecule has 1 saturated carbocycles. The molecular formula is C18H23ClF3NO2. The highest BCUT2D eigenvalue weighted by Gasteiger charge is 2.39. The standard InChI is InChI=1S/C18H22F3NO2.ClH/c1-22(2)10-16-12-4-3-11(7-12)8-14(16)15-9-13(23)5-6-17(15)24-18(19,20)21;/h5-6,8-9,11-12,16,23H,3-4,7,10H2,1-2H3;1H. The number of benzene rings is 1. The molecule has 0 spiro atoms. The van der Waals surface area contributed by atoms with Crippen LogP contribution >= 0.6 is 12.4 Å². The van der Waals surface area contributed by atoms with Crippen LogP contribution in [0.15, 0.2) is 24.3 Å². The third-order valence-corrected chi connectivity index (χ3v) is 4.96. The molecule has 1 N–H and O–H groups in total. The molecular weight excluding hydrogens is 355 g/mol. The lowest BCUT2D eigenvalue weighted by Gasteiger charge is -2.33. The van der Waals surface area contributed by atoms with Gasteiger partial charge in [0.25, 0.3) is 0 Å². The Bertz CT molecular complexity index is 646. The number of phenols is 1. The third-order valence-electron chi connectivity index (χ3n) is 4.96. The predicted octanol–water partition coefficient (Wildman–Crippen LogP) is 4.70. The lowest BCUT2D eigenvalue weighted by Crippen LogP contribution is -2.30. The average Bonchev–Trinajstić information content (AvgIpc) is 2.85. The molecule has 0 amide bonds. The van der Waals surface area contributed by atoms with Crippen molar-refractivity contribution >= 4 is 18.0 Å². The second kappa shape index (κ2) is 7.46. The Morgan fingerprint density at radius 2 is 1.96 bits per heavy atom. The SMILES string of the molecule is CN(C)CC1C(c2cc(O)ccc2OC(F)(F)F)=CC2CCC1C2.Cl. The number of allylic oxidation sites excluding steroid dienone is 1. The van der Waals surface area contributed by atoms with E-state index in [-0.39, 0.29) is 29.8 Å². The summed E-state index contributed by atoms with van der Waals surface area (Å²) >= 11 is 0. The highest BCUT2D eigenvalue weighted by molar-refractivity contribution is 5.85. The number of phenolic OH excluding ortho intramolecular Hbond substituents is 1. The van der Waals surface area contributed by atoms with E-state index < -0.39 is 6.36 Å². The molecule has 1 fully saturated rings. The van der Waals surface area contributed by atoms with Gasteiger partial charge in [0.05, 0.1) is 0 Å². The lowest BCUT2D eigenvalue weighted by molar-refractivity contribution is -0.274. The van der Waals surface area contributed by atoms with Gasteiger partial charge in [0.2, 0.25) is 0 Å². The van der Waals surface area contributed by atoms with Crippen molar-refractivity contribution in [2.24, 2.45) is 17.8 Å². The monoisotopic (exact) mass is 377 g/mol. The first-order valence-electron chi connectivity index (χ1n) is 8.18. The molecule has 3 unspecified atom stereocenters. The number of hydrogen-bond donors (Lipinski definition) is 1. The fraction of sp³-hybridized carbons (Fsp3) is 0.556. The van der Waals surface area contributed by atoms with Gasteiger partial charge in [0.1, 0.15) is 11.5 Å². The second-order valence-electron chi connectivity index (χ2n) is 7.05. The molecule has 3 rings (SSSR count). The fourth-order valence-corrected chi connectivity index (χ4v) is 4.09. The molecule has 0 heterocycles. The minimum atomic E-state index is -4.75. The molecule has 2 aliphatic carbocycles. The zero-order valence-electron chi connectivity index (χ0n) is 14.2. The van der Waals surface area contributed by atoms with Crippen molar-refractivity contribution in [3.05, 3.63) is 29.8 Å². The fourth-order valence-electron chi connectivity index (χ4n) is 4.09. The number of aromatic hydroxyl groups is 1. The van der Waals surface area contributed by atoms with Crippen LogP contribution in [0.3, 0.4) is 0 Å². The smallest absolute Gasteiger partial charge is 0.508 e. The summed E-state index contributed by atoms with van der Waals surface area (Å²) in [5, 5.41) is 9.81. The molecule has 0 radical (unpaired) electrons. The van der Waals surface area contributed by atoms with Crippen LogP contribution in [0.4, 0.5) is 13.2 Å². The number of alkyl halides is 3. The van der Waals surface area contributed by atoms with Crippen LogP contribution in [0.1, 0.15) is 24.8 Å². The summed E-state index contributed by atoms with van der Waals surface area (Å²) in [7, 11) is 3.93. The van der Waals surface area contributed by atoms with E-state index in [1.807, 2.05) is 14.1 Å². The number of fused-ring (bicyclic) bond motifs is 2. The maximum atomic E-state index is 12.7. The summed E-state index contributed by atoms with van der Waals surface area (Å²) < 4.78 is 42.5. The van der Waals surface area contributed by atoms with Crippen molar-refractivity contribution in [3.8, 4) is 11.5 Å². The van der Waals surface area contributed by atoms with E-state index in [4.69, 9.17) is 0 Å². The molecule has 2 aliphatic rings. The number of rotatable bonds is 4. The van der Waals surface area contributed by atoms with Gasteiger partial charge >= 0.3 is 6.36 Å². The van der Waals surface area contributed by atoms with Crippen LogP contribution in [-0.2, 0) is 0 Å². The van der Waals surface area contributed by atoms with Crippen molar-refractivity contribution in [3.63, 3.8) is 0 Å². The van der Waals surface area contributed by atoms with Gasteiger partial charge in [-0.15, -0.1) is 25.6 Å². The normalized spacial score (nSPS) is 25.5. The van der Waals surface area contributed by atoms with Crippen molar-refractivity contribution in [1.82, 2.24) is 4.90 Å². The zero-order valence-corrected chi connectivity index (χ0v) is 15.0. The van der Waals surface area contributed by atoms with Crippen LogP contribution < -0.4 is 4.74 Å². The first-order valence-corrected chi connectivity index (χ1v) is 8.18. The Labute approximate surface area is 151 Å². The van der Waals surface area contributed by atoms with Gasteiger partial charge in [-0.3, -0.25) is 0 Å². The highest BCUT2D eigenvalue weighted by atomic mass is 35.5. The molecule has 0 aliphatic heterocycles. The maximum Gasteiger partial charge on any atom is 0.573 e. The van der Waals surface area contributed by atoms with Gasteiger partial charge in [-0.05, 0) is 74.9 Å². The van der Waals surface area contributed by atoms with Crippen LogP contribution in [-0.4, -0.2) is 37.0 Å². The summed E-state index contributed by atoms with van der Waals surface area (Å²) in [6.45, 7) is 0.768. The number of ether oxygens (including phenoxy) is 1. The number of halogens is 4. The van der Waals surface area contributed by atoms with E-state index in [1.54, 1.807) is 0 Å². The quantitative estimate of drug-likeness (QED) is 0.825. The molecule has 3 atom stereocenters. The van der Waals surface area contributed by atoms with Gasteiger partial charge in [0.15, 0.2) is 0 Å². The van der Waals surface area contributed by atoms with Crippen molar-refractivity contribution in [2.75, 3.05) is 20.6 Å². The predicted molar refractivity (Wildman–Crippen MR) is 92.9 cm³/mol. The Morgan fingerprint density at radius 3 is 2.60 bits per heavy atom. The molecule has 2 bridgehead atoms. The molecule has 140 valence electrons. The van der Waals surface area contributed by atoms with Gasteiger partial charge in [-0.1, -0.05) is 6.08 Å². The van der Waals surface area contributed by atoms with Crippen LogP contribution in [0.5, 0.6) is 11.5 Å². The molecule has 1 aromatic rings. The molecule has 1 aromatic carbocycles. The molecule has 0 saturated heterocycles. The largest absolute Gasteiger partial charge is 0.573 e. The summed E-state index contributed by atoms with van der Waals surface area (Å²) in [4.78, 5) is 2.06. The Kier molecular flexibility index (Phi) is 5.94. The summed E-state index contributed by atoms with van der Waals surface area (Å²) in [6, 6.07) is 3.81. The van der Waals surface area contributed by atoms with E-state index in [1.165, 1.54) is 18.2 Å². The minimum absolute atomic E-state index is 0. The van der Waals surface area contributed by atoms with Crippen molar-refractivity contribution in [1.29, 1.82) is 0 Å². The van der Waals surface area contributed by atoms with Crippen molar-refractivity contribution in [2.45, 2.75) is 25.6 Å². The minimum Gasteiger partial charge on any atom is -0.508 e. The van der Waals surface area contributed by atoms with Gasteiger partial charge in [-0.2, -0.15) is 0 Å². The third kappa shape index (κ3) is 4.61. The van der Waals surface area contributed by atoms with Crippen LogP contribution in [0.2, 0.25) is 0 Å². The van der Waals surface area contributed by atoms with E-state index >= 15 is 0 Å². The van der Waals surface area contributed by atoms with Crippen molar-refractivity contribution < 1.29 is 23.0 Å². The topological polar surface area (TPSA) is 32.7 Å². The molecule has 0 aromatic heterocycles. The Hall–Kier alpha value is -1.40. The van der Waals surface area contributed by atoms with E-state index in [9.17, 15) is 18.3 Å². The van der Waals surface area contributed by atoms with E-state index in [0.717, 1.165) is 31.4 Å². The zero-order chi connectivity index (χ0) is 17.5. The summed E-state index contributed by atoms with van der Waals surface area (Å²) in [5.41, 5.74) is 1.23. The number of nitrogens with zero attached hydrogens (tertiary/aromatic N) is 1. The molecule has 25 heavy (non-hydrogen) atoms. The lowest BCUT2D eigenvalue weighted by atomic mass is 9.76. The van der Waals surface area contributed by atoms with E-state index in [0.29, 0.717) is 17.4 Å². The number of hydrogen-bond acceptors (Lipinski definition) is 3.